The third-order valence-electron chi connectivity index (χ3n) is 6.37. The first-order valence-electron chi connectivity index (χ1n) is 8.09. The van der Waals surface area contributed by atoms with Gasteiger partial charge in [-0.25, -0.2) is 4.98 Å². The van der Waals surface area contributed by atoms with Crippen LogP contribution in [0.25, 0.3) is 0 Å². The topological polar surface area (TPSA) is 41.6 Å². The molecule has 0 saturated heterocycles. The number of nitriles is 1. The summed E-state index contributed by atoms with van der Waals surface area (Å²) in [7, 11) is 0. The Bertz CT molecular complexity index is 550. The van der Waals surface area contributed by atoms with Gasteiger partial charge < -0.3 is 4.57 Å². The zero-order valence-electron chi connectivity index (χ0n) is 12.5. The van der Waals surface area contributed by atoms with Crippen molar-refractivity contribution in [3.63, 3.8) is 0 Å². The Hall–Kier alpha value is -1.30. The van der Waals surface area contributed by atoms with Crippen LogP contribution >= 0.6 is 0 Å². The molecule has 0 spiro atoms. The first kappa shape index (κ1) is 12.4. The van der Waals surface area contributed by atoms with Crippen molar-refractivity contribution in [3.05, 3.63) is 17.2 Å². The van der Waals surface area contributed by atoms with Crippen LogP contribution < -0.4 is 0 Å². The van der Waals surface area contributed by atoms with Crippen LogP contribution in [0.3, 0.4) is 0 Å². The number of aryl methyl sites for hydroxylation is 1. The second-order valence-electron chi connectivity index (χ2n) is 7.42. The fourth-order valence-corrected chi connectivity index (χ4v) is 5.51. The maximum absolute atomic E-state index is 9.30. The molecule has 4 saturated carbocycles. The molecule has 4 fully saturated rings. The van der Waals surface area contributed by atoms with E-state index in [1.54, 1.807) is 0 Å². The normalized spacial score (nSPS) is 38.1. The molecule has 4 bridgehead atoms. The first-order chi connectivity index (χ1) is 9.65. The number of hydrogen-bond donors (Lipinski definition) is 0. The summed E-state index contributed by atoms with van der Waals surface area (Å²) in [5.41, 5.74) is 2.21. The van der Waals surface area contributed by atoms with E-state index in [4.69, 9.17) is 0 Å². The van der Waals surface area contributed by atoms with E-state index in [1.165, 1.54) is 37.8 Å². The van der Waals surface area contributed by atoms with Crippen LogP contribution in [0.5, 0.6) is 0 Å². The smallest absolute Gasteiger partial charge is 0.213 e. The molecule has 1 aromatic heterocycles. The van der Waals surface area contributed by atoms with E-state index in [1.807, 2.05) is 6.92 Å². The largest absolute Gasteiger partial charge is 0.319 e. The molecular weight excluding hydrogens is 246 g/mol. The fraction of sp³-hybridized carbons (Fsp3) is 0.765. The molecule has 0 radical (unpaired) electrons. The van der Waals surface area contributed by atoms with E-state index < -0.39 is 0 Å². The summed E-state index contributed by atoms with van der Waals surface area (Å²) < 4.78 is 2.20. The molecular formula is C17H23N3. The Kier molecular flexibility index (Phi) is 2.70. The van der Waals surface area contributed by atoms with Crippen LogP contribution in [-0.2, 0) is 6.54 Å². The highest BCUT2D eigenvalue weighted by atomic mass is 15.1. The molecule has 5 rings (SSSR count). The van der Waals surface area contributed by atoms with Crippen molar-refractivity contribution in [2.24, 2.45) is 29.6 Å². The van der Waals surface area contributed by atoms with Crippen LogP contribution in [0.1, 0.15) is 49.3 Å². The molecule has 4 aliphatic rings. The van der Waals surface area contributed by atoms with Gasteiger partial charge in [-0.3, -0.25) is 0 Å². The Labute approximate surface area is 121 Å². The molecule has 4 aliphatic carbocycles. The lowest BCUT2D eigenvalue weighted by Gasteiger charge is -2.54. The molecule has 1 heterocycles. The van der Waals surface area contributed by atoms with Gasteiger partial charge in [-0.1, -0.05) is 0 Å². The maximum atomic E-state index is 9.30. The Morgan fingerprint density at radius 1 is 1.10 bits per heavy atom. The number of nitrogens with zero attached hydrogens (tertiary/aromatic N) is 3. The van der Waals surface area contributed by atoms with Crippen molar-refractivity contribution in [2.45, 2.75) is 52.5 Å². The summed E-state index contributed by atoms with van der Waals surface area (Å²) in [5, 5.41) is 9.30. The Balaban J connectivity index is 1.62. The quantitative estimate of drug-likeness (QED) is 0.825. The molecule has 0 N–H and O–H groups in total. The molecule has 20 heavy (non-hydrogen) atoms. The van der Waals surface area contributed by atoms with Gasteiger partial charge in [0, 0.05) is 12.2 Å². The van der Waals surface area contributed by atoms with Gasteiger partial charge in [0.2, 0.25) is 5.82 Å². The summed E-state index contributed by atoms with van der Waals surface area (Å²) in [5.74, 6) is 5.29. The van der Waals surface area contributed by atoms with Gasteiger partial charge in [-0.05, 0) is 75.5 Å². The van der Waals surface area contributed by atoms with Crippen molar-refractivity contribution in [3.8, 4) is 6.07 Å². The second-order valence-corrected chi connectivity index (χ2v) is 7.42. The maximum Gasteiger partial charge on any atom is 0.213 e. The predicted molar refractivity (Wildman–Crippen MR) is 77.0 cm³/mol. The molecule has 0 aliphatic heterocycles. The van der Waals surface area contributed by atoms with E-state index >= 15 is 0 Å². The average Bonchev–Trinajstić information content (AvgIpc) is 2.69. The highest BCUT2D eigenvalue weighted by molar-refractivity contribution is 5.22. The van der Waals surface area contributed by atoms with Crippen LogP contribution in [0.4, 0.5) is 0 Å². The fourth-order valence-electron chi connectivity index (χ4n) is 5.51. The summed E-state index contributed by atoms with van der Waals surface area (Å²) in [6, 6.07) is 2.28. The molecule has 3 heteroatoms. The summed E-state index contributed by atoms with van der Waals surface area (Å²) >= 11 is 0. The van der Waals surface area contributed by atoms with Gasteiger partial charge >= 0.3 is 0 Å². The lowest BCUT2D eigenvalue weighted by molar-refractivity contribution is -0.0432. The van der Waals surface area contributed by atoms with E-state index in [0.29, 0.717) is 5.82 Å². The van der Waals surface area contributed by atoms with Gasteiger partial charge in [-0.2, -0.15) is 5.26 Å². The molecule has 0 amide bonds. The van der Waals surface area contributed by atoms with Gasteiger partial charge in [0.05, 0.1) is 5.69 Å². The summed E-state index contributed by atoms with van der Waals surface area (Å²) in [4.78, 5) is 4.41. The van der Waals surface area contributed by atoms with E-state index in [2.05, 4.69) is 22.5 Å². The van der Waals surface area contributed by atoms with E-state index in [-0.39, 0.29) is 0 Å². The lowest BCUT2D eigenvalue weighted by Crippen LogP contribution is -2.46. The van der Waals surface area contributed by atoms with Gasteiger partial charge in [-0.15, -0.1) is 0 Å². The Morgan fingerprint density at radius 3 is 2.25 bits per heavy atom. The molecule has 1 aromatic rings. The highest BCUT2D eigenvalue weighted by Gasteiger charge is 2.48. The van der Waals surface area contributed by atoms with E-state index in [9.17, 15) is 5.26 Å². The van der Waals surface area contributed by atoms with Crippen LogP contribution in [-0.4, -0.2) is 9.55 Å². The minimum atomic E-state index is 0.619. The minimum Gasteiger partial charge on any atom is -0.319 e. The van der Waals surface area contributed by atoms with Crippen molar-refractivity contribution in [1.29, 1.82) is 5.26 Å². The van der Waals surface area contributed by atoms with Crippen LogP contribution in [0.15, 0.2) is 0 Å². The van der Waals surface area contributed by atoms with Crippen molar-refractivity contribution in [1.82, 2.24) is 9.55 Å². The minimum absolute atomic E-state index is 0.619. The zero-order chi connectivity index (χ0) is 13.9. The standard InChI is InChI=1S/C17H23N3/c1-10-11(2)20(17(8-18)19-10)9-16-14-4-12-3-13(6-14)7-15(16)5-12/h12-16H,3-7,9H2,1-2H3. The first-order valence-corrected chi connectivity index (χ1v) is 8.09. The third kappa shape index (κ3) is 1.74. The van der Waals surface area contributed by atoms with Gasteiger partial charge in [0.25, 0.3) is 0 Å². The molecule has 3 nitrogen and oxygen atoms in total. The third-order valence-corrected chi connectivity index (χ3v) is 6.37. The zero-order valence-corrected chi connectivity index (χ0v) is 12.5. The van der Waals surface area contributed by atoms with Crippen LogP contribution in [0, 0.1) is 54.8 Å². The monoisotopic (exact) mass is 269 g/mol. The van der Waals surface area contributed by atoms with E-state index in [0.717, 1.165) is 41.8 Å². The summed E-state index contributed by atoms with van der Waals surface area (Å²) in [6.07, 6.45) is 7.31. The average molecular weight is 269 g/mol. The van der Waals surface area contributed by atoms with Crippen molar-refractivity contribution in [2.75, 3.05) is 0 Å². The van der Waals surface area contributed by atoms with Gasteiger partial charge in [0.15, 0.2) is 0 Å². The van der Waals surface area contributed by atoms with Crippen LogP contribution in [0.2, 0.25) is 0 Å². The number of imidazole rings is 1. The number of hydrogen-bond acceptors (Lipinski definition) is 2. The number of rotatable bonds is 2. The molecule has 106 valence electrons. The molecule has 0 atom stereocenters. The highest BCUT2D eigenvalue weighted by Crippen LogP contribution is 2.56. The predicted octanol–water partition coefficient (Wildman–Crippen LogP) is 3.44. The summed E-state index contributed by atoms with van der Waals surface area (Å²) in [6.45, 7) is 5.16. The van der Waals surface area contributed by atoms with Gasteiger partial charge in [0.1, 0.15) is 6.07 Å². The SMILES string of the molecule is Cc1nc(C#N)n(CC2C3CC4CC(C3)CC2C4)c1C. The lowest BCUT2D eigenvalue weighted by atomic mass is 9.52. The van der Waals surface area contributed by atoms with Crippen molar-refractivity contribution >= 4 is 0 Å². The molecule has 0 aromatic carbocycles. The number of aromatic nitrogens is 2. The molecule has 0 unspecified atom stereocenters. The second kappa shape index (κ2) is 4.35. The van der Waals surface area contributed by atoms with Crippen molar-refractivity contribution < 1.29 is 0 Å². The Morgan fingerprint density at radius 2 is 1.70 bits per heavy atom.